The molecule has 7 heteroatoms. The minimum atomic E-state index is -4.32. The Hall–Kier alpha value is -2.02. The highest BCUT2D eigenvalue weighted by atomic mass is 19.4. The maximum atomic E-state index is 13.3. The van der Waals surface area contributed by atoms with Gasteiger partial charge in [0, 0.05) is 42.7 Å². The van der Waals surface area contributed by atoms with E-state index in [9.17, 15) is 18.0 Å². The smallest absolute Gasteiger partial charge is 0.358 e. The van der Waals surface area contributed by atoms with Crippen LogP contribution in [0.4, 0.5) is 13.2 Å². The Labute approximate surface area is 180 Å². The Balaban J connectivity index is 1.31. The fraction of sp³-hybridized carbons (Fsp3) is 0.625. The third-order valence-corrected chi connectivity index (χ3v) is 7.78. The van der Waals surface area contributed by atoms with Crippen LogP contribution in [0.1, 0.15) is 55.3 Å². The lowest BCUT2D eigenvalue weighted by Gasteiger charge is -2.44. The number of alkyl halides is 3. The molecular weight excluding hydrogens is 403 g/mol. The van der Waals surface area contributed by atoms with Crippen molar-refractivity contribution in [2.24, 2.45) is 11.8 Å². The summed E-state index contributed by atoms with van der Waals surface area (Å²) in [6, 6.07) is 4.09. The lowest BCUT2D eigenvalue weighted by Crippen LogP contribution is -2.45. The number of fused-ring (bicyclic) bond motifs is 4. The number of halogens is 3. The normalized spacial score (nSPS) is 27.0. The Morgan fingerprint density at radius 2 is 2.03 bits per heavy atom. The van der Waals surface area contributed by atoms with E-state index >= 15 is 0 Å². The summed E-state index contributed by atoms with van der Waals surface area (Å²) in [7, 11) is 0. The minimum absolute atomic E-state index is 0.231. The molecule has 0 saturated carbocycles. The van der Waals surface area contributed by atoms with E-state index < -0.39 is 11.7 Å². The number of carbonyl (C=O) groups excluding carboxylic acids is 1. The minimum Gasteiger partial charge on any atom is -0.358 e. The van der Waals surface area contributed by atoms with E-state index in [0.717, 1.165) is 80.6 Å². The summed E-state index contributed by atoms with van der Waals surface area (Å²) in [5, 5.41) is 0.737. The molecule has 1 aromatic carbocycles. The molecule has 0 radical (unpaired) electrons. The average Bonchev–Trinajstić information content (AvgIpc) is 3.30. The van der Waals surface area contributed by atoms with Gasteiger partial charge in [-0.1, -0.05) is 6.92 Å². The summed E-state index contributed by atoms with van der Waals surface area (Å²) in [6.07, 6.45) is 0.388. The predicted molar refractivity (Wildman–Crippen MR) is 114 cm³/mol. The van der Waals surface area contributed by atoms with Crippen molar-refractivity contribution in [3.63, 3.8) is 0 Å². The van der Waals surface area contributed by atoms with Crippen molar-refractivity contribution in [1.29, 1.82) is 0 Å². The van der Waals surface area contributed by atoms with Gasteiger partial charge in [-0.05, 0) is 80.3 Å². The number of rotatable bonds is 4. The van der Waals surface area contributed by atoms with Crippen LogP contribution in [-0.4, -0.2) is 53.4 Å². The third-order valence-electron chi connectivity index (χ3n) is 7.78. The molecule has 31 heavy (non-hydrogen) atoms. The second-order valence-electron chi connectivity index (χ2n) is 9.62. The van der Waals surface area contributed by atoms with Gasteiger partial charge in [0.1, 0.15) is 0 Å². The Morgan fingerprint density at radius 1 is 1.19 bits per heavy atom. The molecule has 3 aliphatic rings. The summed E-state index contributed by atoms with van der Waals surface area (Å²) in [5.74, 6) is 1.55. The zero-order valence-electron chi connectivity index (χ0n) is 18.0. The van der Waals surface area contributed by atoms with Gasteiger partial charge in [-0.25, -0.2) is 0 Å². The van der Waals surface area contributed by atoms with E-state index in [1.807, 2.05) is 4.90 Å². The Bertz CT molecular complexity index is 982. The zero-order valence-corrected chi connectivity index (χ0v) is 18.0. The van der Waals surface area contributed by atoms with Crippen molar-refractivity contribution in [2.75, 3.05) is 32.7 Å². The van der Waals surface area contributed by atoms with E-state index in [1.54, 1.807) is 6.07 Å². The number of nitrogens with zero attached hydrogens (tertiary/aromatic N) is 2. The van der Waals surface area contributed by atoms with Gasteiger partial charge in [-0.2, -0.15) is 13.2 Å². The van der Waals surface area contributed by atoms with E-state index in [2.05, 4.69) is 16.8 Å². The largest absolute Gasteiger partial charge is 0.416 e. The van der Waals surface area contributed by atoms with Crippen molar-refractivity contribution in [1.82, 2.24) is 14.8 Å². The summed E-state index contributed by atoms with van der Waals surface area (Å²) in [5.41, 5.74) is 2.46. The zero-order chi connectivity index (χ0) is 21.8. The van der Waals surface area contributed by atoms with E-state index in [1.165, 1.54) is 12.1 Å². The number of piperidine rings is 1. The van der Waals surface area contributed by atoms with Gasteiger partial charge in [0.25, 0.3) is 0 Å². The first kappa shape index (κ1) is 20.9. The van der Waals surface area contributed by atoms with Gasteiger partial charge in [0.2, 0.25) is 5.91 Å². The third kappa shape index (κ3) is 3.86. The van der Waals surface area contributed by atoms with Crippen molar-refractivity contribution in [2.45, 2.75) is 51.1 Å². The monoisotopic (exact) mass is 433 g/mol. The van der Waals surface area contributed by atoms with Crippen LogP contribution in [0.25, 0.3) is 10.9 Å². The highest BCUT2D eigenvalue weighted by Gasteiger charge is 2.40. The quantitative estimate of drug-likeness (QED) is 0.753. The van der Waals surface area contributed by atoms with Crippen LogP contribution in [0.15, 0.2) is 18.2 Å². The molecule has 1 N–H and O–H groups in total. The molecule has 3 heterocycles. The highest BCUT2D eigenvalue weighted by molar-refractivity contribution is 5.86. The summed E-state index contributed by atoms with van der Waals surface area (Å²) < 4.78 is 39.9. The number of nitrogens with one attached hydrogen (secondary N) is 1. The molecule has 1 aliphatic carbocycles. The summed E-state index contributed by atoms with van der Waals surface area (Å²) >= 11 is 0. The maximum Gasteiger partial charge on any atom is 0.416 e. The highest BCUT2D eigenvalue weighted by Crippen LogP contribution is 2.46. The first-order chi connectivity index (χ1) is 14.8. The molecule has 1 aromatic heterocycles. The first-order valence-corrected chi connectivity index (χ1v) is 11.5. The molecule has 1 amide bonds. The molecule has 2 saturated heterocycles. The van der Waals surface area contributed by atoms with Gasteiger partial charge in [-0.3, -0.25) is 4.79 Å². The van der Waals surface area contributed by atoms with Gasteiger partial charge in [-0.15, -0.1) is 0 Å². The number of benzene rings is 1. The summed E-state index contributed by atoms with van der Waals surface area (Å²) in [4.78, 5) is 19.7. The van der Waals surface area contributed by atoms with E-state index in [4.69, 9.17) is 0 Å². The van der Waals surface area contributed by atoms with Gasteiger partial charge in [0.15, 0.2) is 0 Å². The lowest BCUT2D eigenvalue weighted by atomic mass is 9.68. The van der Waals surface area contributed by atoms with E-state index in [0.29, 0.717) is 18.3 Å². The molecule has 3 atom stereocenters. The standard InChI is InChI=1S/C24H30F3N3O/c1-15-19-14-29(8-3-10-30-9-2-4-22(30)31)11-7-16(19)12-21-23(15)18-13-17(24(25,26)27)5-6-20(18)28-21/h5-6,13,15-16,19,28H,2-4,7-12,14H2,1H3/t15-,16-,19-/m0/s1. The topological polar surface area (TPSA) is 39.3 Å². The van der Waals surface area contributed by atoms with E-state index in [-0.39, 0.29) is 11.8 Å². The average molecular weight is 434 g/mol. The second kappa shape index (κ2) is 7.84. The number of carbonyl (C=O) groups is 1. The van der Waals surface area contributed by atoms with Crippen LogP contribution in [0.3, 0.4) is 0 Å². The van der Waals surface area contributed by atoms with Gasteiger partial charge < -0.3 is 14.8 Å². The maximum absolute atomic E-state index is 13.3. The predicted octanol–water partition coefficient (Wildman–Crippen LogP) is 4.80. The number of hydrogen-bond acceptors (Lipinski definition) is 2. The van der Waals surface area contributed by atoms with Crippen LogP contribution in [0.5, 0.6) is 0 Å². The molecule has 0 spiro atoms. The second-order valence-corrected chi connectivity index (χ2v) is 9.62. The molecule has 0 unspecified atom stereocenters. The number of aromatic amines is 1. The molecule has 2 aliphatic heterocycles. The molecule has 0 bridgehead atoms. The van der Waals surface area contributed by atoms with Crippen LogP contribution < -0.4 is 0 Å². The molecular formula is C24H30F3N3O. The Kier molecular flexibility index (Phi) is 5.27. The fourth-order valence-electron chi connectivity index (χ4n) is 6.15. The van der Waals surface area contributed by atoms with Crippen molar-refractivity contribution < 1.29 is 18.0 Å². The molecule has 4 nitrogen and oxygen atoms in total. The Morgan fingerprint density at radius 3 is 2.77 bits per heavy atom. The molecule has 5 rings (SSSR count). The fourth-order valence-corrected chi connectivity index (χ4v) is 6.15. The van der Waals surface area contributed by atoms with Gasteiger partial charge in [0.05, 0.1) is 5.56 Å². The van der Waals surface area contributed by atoms with Crippen LogP contribution >= 0.6 is 0 Å². The first-order valence-electron chi connectivity index (χ1n) is 11.5. The van der Waals surface area contributed by atoms with Gasteiger partial charge >= 0.3 is 6.18 Å². The number of amides is 1. The van der Waals surface area contributed by atoms with Crippen molar-refractivity contribution in [3.05, 3.63) is 35.0 Å². The lowest BCUT2D eigenvalue weighted by molar-refractivity contribution is -0.137. The number of hydrogen-bond donors (Lipinski definition) is 1. The number of H-pyrrole nitrogens is 1. The van der Waals surface area contributed by atoms with Crippen LogP contribution in [0.2, 0.25) is 0 Å². The van der Waals surface area contributed by atoms with Crippen molar-refractivity contribution in [3.8, 4) is 0 Å². The molecule has 168 valence electrons. The molecule has 2 aromatic rings. The van der Waals surface area contributed by atoms with Crippen LogP contribution in [0, 0.1) is 11.8 Å². The molecule has 2 fully saturated rings. The number of likely N-dealkylation sites (tertiary alicyclic amines) is 2. The number of aromatic nitrogens is 1. The van der Waals surface area contributed by atoms with Crippen LogP contribution in [-0.2, 0) is 17.4 Å². The SMILES string of the molecule is C[C@@H]1c2c([nH]c3ccc(C(F)(F)F)cc23)C[C@@H]2CCN(CCCN3CCCC3=O)C[C@H]21. The summed E-state index contributed by atoms with van der Waals surface area (Å²) in [6.45, 7) is 6.96. The van der Waals surface area contributed by atoms with Crippen molar-refractivity contribution >= 4 is 16.8 Å².